The second-order valence-electron chi connectivity index (χ2n) is 5.10. The van der Waals surface area contributed by atoms with E-state index in [1.165, 1.54) is 0 Å². The maximum absolute atomic E-state index is 12.4. The van der Waals surface area contributed by atoms with Crippen molar-refractivity contribution < 1.29 is 9.53 Å². The molecule has 0 saturated carbocycles. The fourth-order valence-corrected chi connectivity index (χ4v) is 2.63. The van der Waals surface area contributed by atoms with E-state index in [-0.39, 0.29) is 5.91 Å². The number of piperidine rings is 1. The van der Waals surface area contributed by atoms with Gasteiger partial charge in [-0.1, -0.05) is 23.7 Å². The standard InChI is InChI=1S/C15H21ClN2O2/c1-11(20-14-8-4-3-7-13(14)16)15(19)18-9-5-6-12(10-18)17-2/h3-4,7-8,11-12,17H,5-6,9-10H2,1-2H3/t11-,12-/m0/s1. The first kappa shape index (κ1) is 15.1. The van der Waals surface area contributed by atoms with Crippen LogP contribution in [-0.2, 0) is 4.79 Å². The van der Waals surface area contributed by atoms with Gasteiger partial charge in [0.25, 0.3) is 5.91 Å². The van der Waals surface area contributed by atoms with Gasteiger partial charge in [-0.25, -0.2) is 0 Å². The minimum Gasteiger partial charge on any atom is -0.479 e. The van der Waals surface area contributed by atoms with Crippen LogP contribution in [0.3, 0.4) is 0 Å². The van der Waals surface area contributed by atoms with Crippen molar-refractivity contribution in [2.45, 2.75) is 31.9 Å². The van der Waals surface area contributed by atoms with Crippen molar-refractivity contribution in [3.63, 3.8) is 0 Å². The SMILES string of the molecule is CN[C@H]1CCCN(C(=O)[C@H](C)Oc2ccccc2Cl)C1. The van der Waals surface area contributed by atoms with Crippen LogP contribution in [0.1, 0.15) is 19.8 Å². The molecule has 1 aliphatic heterocycles. The van der Waals surface area contributed by atoms with Crippen LogP contribution in [-0.4, -0.2) is 43.1 Å². The summed E-state index contributed by atoms with van der Waals surface area (Å²) in [4.78, 5) is 14.3. The van der Waals surface area contributed by atoms with Gasteiger partial charge in [0.2, 0.25) is 0 Å². The molecule has 0 aromatic heterocycles. The number of halogens is 1. The second kappa shape index (κ2) is 6.95. The molecule has 1 saturated heterocycles. The Bertz CT molecular complexity index is 467. The van der Waals surface area contributed by atoms with Crippen LogP contribution in [0.15, 0.2) is 24.3 Å². The van der Waals surface area contributed by atoms with E-state index in [1.54, 1.807) is 19.1 Å². The van der Waals surface area contributed by atoms with Gasteiger partial charge in [-0.15, -0.1) is 0 Å². The first-order valence-electron chi connectivity index (χ1n) is 6.99. The highest BCUT2D eigenvalue weighted by Gasteiger charge is 2.27. The normalized spacial score (nSPS) is 20.6. The number of rotatable bonds is 4. The van der Waals surface area contributed by atoms with Crippen LogP contribution in [0.2, 0.25) is 5.02 Å². The average Bonchev–Trinajstić information content (AvgIpc) is 2.48. The lowest BCUT2D eigenvalue weighted by atomic mass is 10.1. The summed E-state index contributed by atoms with van der Waals surface area (Å²) in [6.07, 6.45) is 1.61. The summed E-state index contributed by atoms with van der Waals surface area (Å²) in [6.45, 7) is 3.31. The summed E-state index contributed by atoms with van der Waals surface area (Å²) in [5.41, 5.74) is 0. The van der Waals surface area contributed by atoms with Crippen molar-refractivity contribution in [1.29, 1.82) is 0 Å². The Morgan fingerprint density at radius 3 is 2.95 bits per heavy atom. The Labute approximate surface area is 125 Å². The third kappa shape index (κ3) is 3.64. The van der Waals surface area contributed by atoms with Gasteiger partial charge >= 0.3 is 0 Å². The first-order chi connectivity index (χ1) is 9.61. The van der Waals surface area contributed by atoms with E-state index in [2.05, 4.69) is 5.32 Å². The summed E-state index contributed by atoms with van der Waals surface area (Å²) in [7, 11) is 1.93. The number of nitrogens with zero attached hydrogens (tertiary/aromatic N) is 1. The molecule has 20 heavy (non-hydrogen) atoms. The number of carbonyl (C=O) groups excluding carboxylic acids is 1. The highest BCUT2D eigenvalue weighted by atomic mass is 35.5. The molecule has 0 unspecified atom stereocenters. The van der Waals surface area contributed by atoms with E-state index in [1.807, 2.05) is 24.1 Å². The molecule has 0 bridgehead atoms. The number of ether oxygens (including phenoxy) is 1. The zero-order valence-electron chi connectivity index (χ0n) is 11.9. The minimum absolute atomic E-state index is 0.0184. The van der Waals surface area contributed by atoms with Crippen molar-refractivity contribution in [3.05, 3.63) is 29.3 Å². The highest BCUT2D eigenvalue weighted by Crippen LogP contribution is 2.24. The number of hydrogen-bond acceptors (Lipinski definition) is 3. The number of hydrogen-bond donors (Lipinski definition) is 1. The van der Waals surface area contributed by atoms with Gasteiger partial charge < -0.3 is 15.0 Å². The van der Waals surface area contributed by atoms with Crippen LogP contribution in [0.5, 0.6) is 5.75 Å². The molecule has 1 heterocycles. The number of para-hydroxylation sites is 1. The van der Waals surface area contributed by atoms with E-state index in [0.717, 1.165) is 25.9 Å². The smallest absolute Gasteiger partial charge is 0.263 e. The zero-order valence-corrected chi connectivity index (χ0v) is 12.7. The van der Waals surface area contributed by atoms with Gasteiger partial charge in [0.05, 0.1) is 5.02 Å². The third-order valence-corrected chi connectivity index (χ3v) is 3.94. The fourth-order valence-electron chi connectivity index (χ4n) is 2.45. The quantitative estimate of drug-likeness (QED) is 0.927. The van der Waals surface area contributed by atoms with Gasteiger partial charge in [-0.3, -0.25) is 4.79 Å². The molecule has 4 nitrogen and oxygen atoms in total. The zero-order chi connectivity index (χ0) is 14.5. The lowest BCUT2D eigenvalue weighted by Gasteiger charge is -2.34. The summed E-state index contributed by atoms with van der Waals surface area (Å²) in [6, 6.07) is 7.59. The molecule has 1 aliphatic rings. The molecule has 1 aromatic rings. The van der Waals surface area contributed by atoms with Crippen molar-refractivity contribution >= 4 is 17.5 Å². The Hall–Kier alpha value is -1.26. The maximum Gasteiger partial charge on any atom is 0.263 e. The van der Waals surface area contributed by atoms with Gasteiger partial charge in [0.15, 0.2) is 6.10 Å². The second-order valence-corrected chi connectivity index (χ2v) is 5.51. The predicted molar refractivity (Wildman–Crippen MR) is 80.2 cm³/mol. The molecule has 0 radical (unpaired) electrons. The lowest BCUT2D eigenvalue weighted by Crippen LogP contribution is -2.50. The number of carbonyl (C=O) groups is 1. The molecular formula is C15H21ClN2O2. The van der Waals surface area contributed by atoms with Crippen LogP contribution >= 0.6 is 11.6 Å². The van der Waals surface area contributed by atoms with Gasteiger partial charge in [-0.2, -0.15) is 0 Å². The van der Waals surface area contributed by atoms with Crippen LogP contribution in [0.25, 0.3) is 0 Å². The number of amides is 1. The Kier molecular flexibility index (Phi) is 5.26. The summed E-state index contributed by atoms with van der Waals surface area (Å²) >= 11 is 6.04. The van der Waals surface area contributed by atoms with Crippen LogP contribution < -0.4 is 10.1 Å². The van der Waals surface area contributed by atoms with Gasteiger partial charge in [-0.05, 0) is 38.9 Å². The van der Waals surface area contributed by atoms with E-state index >= 15 is 0 Å². The van der Waals surface area contributed by atoms with Crippen molar-refractivity contribution in [2.24, 2.45) is 0 Å². The molecule has 1 amide bonds. The Morgan fingerprint density at radius 1 is 1.50 bits per heavy atom. The van der Waals surface area contributed by atoms with Crippen LogP contribution in [0.4, 0.5) is 0 Å². The predicted octanol–water partition coefficient (Wildman–Crippen LogP) is 2.32. The van der Waals surface area contributed by atoms with Gasteiger partial charge in [0.1, 0.15) is 5.75 Å². The van der Waals surface area contributed by atoms with Crippen molar-refractivity contribution in [1.82, 2.24) is 10.2 Å². The molecule has 5 heteroatoms. The number of benzene rings is 1. The molecule has 1 N–H and O–H groups in total. The fraction of sp³-hybridized carbons (Fsp3) is 0.533. The molecule has 1 aromatic carbocycles. The third-order valence-electron chi connectivity index (χ3n) is 3.63. The topological polar surface area (TPSA) is 41.6 Å². The first-order valence-corrected chi connectivity index (χ1v) is 7.37. The molecule has 2 rings (SSSR count). The number of nitrogens with one attached hydrogen (secondary N) is 1. The van der Waals surface area contributed by atoms with Crippen LogP contribution in [0, 0.1) is 0 Å². The Balaban J connectivity index is 1.96. The number of likely N-dealkylation sites (tertiary alicyclic amines) is 1. The van der Waals surface area contributed by atoms with E-state index in [4.69, 9.17) is 16.3 Å². The van der Waals surface area contributed by atoms with E-state index in [9.17, 15) is 4.79 Å². The molecular weight excluding hydrogens is 276 g/mol. The molecule has 0 aliphatic carbocycles. The summed E-state index contributed by atoms with van der Waals surface area (Å²) in [5, 5.41) is 3.76. The lowest BCUT2D eigenvalue weighted by molar-refractivity contribution is -0.139. The molecule has 110 valence electrons. The molecule has 2 atom stereocenters. The molecule has 1 fully saturated rings. The van der Waals surface area contributed by atoms with E-state index in [0.29, 0.717) is 16.8 Å². The van der Waals surface area contributed by atoms with Gasteiger partial charge in [0, 0.05) is 19.1 Å². The highest BCUT2D eigenvalue weighted by molar-refractivity contribution is 6.32. The molecule has 0 spiro atoms. The monoisotopic (exact) mass is 296 g/mol. The van der Waals surface area contributed by atoms with Crippen molar-refractivity contribution in [3.8, 4) is 5.75 Å². The number of likely N-dealkylation sites (N-methyl/N-ethyl adjacent to an activating group) is 1. The Morgan fingerprint density at radius 2 is 2.25 bits per heavy atom. The van der Waals surface area contributed by atoms with E-state index < -0.39 is 6.10 Å². The summed E-state index contributed by atoms with van der Waals surface area (Å²) < 4.78 is 5.69. The van der Waals surface area contributed by atoms with Crippen molar-refractivity contribution in [2.75, 3.05) is 20.1 Å². The minimum atomic E-state index is -0.523. The average molecular weight is 297 g/mol. The largest absolute Gasteiger partial charge is 0.479 e. The maximum atomic E-state index is 12.4. The summed E-state index contributed by atoms with van der Waals surface area (Å²) in [5.74, 6) is 0.571.